The van der Waals surface area contributed by atoms with Gasteiger partial charge in [-0.2, -0.15) is 0 Å². The second-order valence-electron chi connectivity index (χ2n) is 4.86. The third-order valence-electron chi connectivity index (χ3n) is 3.32. The molecule has 0 aliphatic carbocycles. The van der Waals surface area contributed by atoms with Crippen LogP contribution in [-0.4, -0.2) is 28.0 Å². The van der Waals surface area contributed by atoms with Crippen LogP contribution in [0.25, 0.3) is 17.4 Å². The van der Waals surface area contributed by atoms with Gasteiger partial charge in [0.25, 0.3) is 16.8 Å². The van der Waals surface area contributed by atoms with Crippen molar-refractivity contribution in [3.05, 3.63) is 55.6 Å². The van der Waals surface area contributed by atoms with Crippen molar-refractivity contribution in [3.8, 4) is 11.3 Å². The number of imide groups is 1. The zero-order valence-electron chi connectivity index (χ0n) is 12.2. The van der Waals surface area contributed by atoms with Crippen molar-refractivity contribution >= 4 is 50.6 Å². The lowest BCUT2D eigenvalue weighted by atomic mass is 10.1. The molecule has 24 heavy (non-hydrogen) atoms. The Morgan fingerprint density at radius 3 is 2.62 bits per heavy atom. The Balaban J connectivity index is 1.91. The molecular weight excluding hydrogens is 400 g/mol. The van der Waals surface area contributed by atoms with Gasteiger partial charge in [0.05, 0.1) is 9.83 Å². The zero-order valence-corrected chi connectivity index (χ0v) is 14.6. The third-order valence-corrected chi connectivity index (χ3v) is 4.93. The van der Waals surface area contributed by atoms with Gasteiger partial charge in [-0.1, -0.05) is 0 Å². The molecule has 0 saturated carbocycles. The van der Waals surface area contributed by atoms with E-state index >= 15 is 0 Å². The predicted molar refractivity (Wildman–Crippen MR) is 92.2 cm³/mol. The Kier molecular flexibility index (Phi) is 4.29. The molecule has 1 aliphatic heterocycles. The maximum Gasteiger partial charge on any atom is 0.293 e. The maximum absolute atomic E-state index is 11.9. The fourth-order valence-corrected chi connectivity index (χ4v) is 3.44. The minimum absolute atomic E-state index is 0.0333. The molecule has 0 atom stereocenters. The summed E-state index contributed by atoms with van der Waals surface area (Å²) in [6, 6.07) is 7.69. The highest BCUT2D eigenvalue weighted by Gasteiger charge is 2.32. The van der Waals surface area contributed by atoms with E-state index in [1.54, 1.807) is 18.2 Å². The van der Waals surface area contributed by atoms with Crippen LogP contribution in [0.1, 0.15) is 5.76 Å². The SMILES string of the molecule is CN1C(=O)S/C(=C/c2ccc(-c3ccc([N+](=O)[O-])cc3Br)o2)C1=O. The number of non-ortho nitro benzene ring substituents is 1. The van der Waals surface area contributed by atoms with E-state index in [1.165, 1.54) is 25.3 Å². The van der Waals surface area contributed by atoms with E-state index in [9.17, 15) is 19.7 Å². The lowest BCUT2D eigenvalue weighted by Gasteiger charge is -2.01. The number of thioether (sulfide) groups is 1. The molecule has 1 aliphatic rings. The Bertz CT molecular complexity index is 905. The number of hydrogen-bond donors (Lipinski definition) is 0. The largest absolute Gasteiger partial charge is 0.457 e. The lowest BCUT2D eigenvalue weighted by molar-refractivity contribution is -0.384. The second-order valence-corrected chi connectivity index (χ2v) is 6.71. The van der Waals surface area contributed by atoms with Crippen LogP contribution in [0, 0.1) is 10.1 Å². The van der Waals surface area contributed by atoms with Gasteiger partial charge in [-0.3, -0.25) is 24.6 Å². The highest BCUT2D eigenvalue weighted by molar-refractivity contribution is 9.10. The number of benzene rings is 1. The average molecular weight is 409 g/mol. The summed E-state index contributed by atoms with van der Waals surface area (Å²) in [5.74, 6) is 0.521. The van der Waals surface area contributed by atoms with Crippen LogP contribution in [0.3, 0.4) is 0 Å². The first kappa shape index (κ1) is 16.5. The molecule has 122 valence electrons. The van der Waals surface area contributed by atoms with Gasteiger partial charge >= 0.3 is 0 Å². The number of nitro benzene ring substituents is 1. The van der Waals surface area contributed by atoms with Gasteiger partial charge in [-0.05, 0) is 45.9 Å². The molecule has 7 nitrogen and oxygen atoms in total. The van der Waals surface area contributed by atoms with Gasteiger partial charge in [0.15, 0.2) is 0 Å². The first-order valence-corrected chi connectivity index (χ1v) is 8.23. The number of carbonyl (C=O) groups excluding carboxylic acids is 2. The van der Waals surface area contributed by atoms with Crippen LogP contribution in [0.4, 0.5) is 10.5 Å². The summed E-state index contributed by atoms with van der Waals surface area (Å²) in [6.45, 7) is 0. The molecule has 0 radical (unpaired) electrons. The molecule has 3 rings (SSSR count). The Morgan fingerprint density at radius 2 is 2.04 bits per heavy atom. The normalized spacial score (nSPS) is 16.2. The molecule has 0 N–H and O–H groups in total. The van der Waals surface area contributed by atoms with E-state index in [1.807, 2.05) is 0 Å². The summed E-state index contributed by atoms with van der Waals surface area (Å²) in [6.07, 6.45) is 1.50. The number of carbonyl (C=O) groups is 2. The molecule has 9 heteroatoms. The quantitative estimate of drug-likeness (QED) is 0.427. The monoisotopic (exact) mass is 408 g/mol. The summed E-state index contributed by atoms with van der Waals surface area (Å²) in [4.78, 5) is 34.9. The third kappa shape index (κ3) is 3.00. The van der Waals surface area contributed by atoms with Crippen LogP contribution >= 0.6 is 27.7 Å². The van der Waals surface area contributed by atoms with E-state index in [-0.39, 0.29) is 21.7 Å². The number of halogens is 1. The topological polar surface area (TPSA) is 93.7 Å². The Hall–Kier alpha value is -2.39. The van der Waals surface area contributed by atoms with E-state index < -0.39 is 4.92 Å². The van der Waals surface area contributed by atoms with E-state index in [0.717, 1.165) is 16.7 Å². The number of furan rings is 1. The highest BCUT2D eigenvalue weighted by Crippen LogP contribution is 2.35. The summed E-state index contributed by atoms with van der Waals surface area (Å²) in [5, 5.41) is 10.4. The molecule has 0 bridgehead atoms. The number of rotatable bonds is 3. The molecule has 2 heterocycles. The first-order valence-electron chi connectivity index (χ1n) is 6.62. The number of nitro groups is 1. The van der Waals surface area contributed by atoms with Crippen molar-refractivity contribution in [2.45, 2.75) is 0 Å². The van der Waals surface area contributed by atoms with Crippen molar-refractivity contribution in [3.63, 3.8) is 0 Å². The van der Waals surface area contributed by atoms with Crippen LogP contribution in [0.5, 0.6) is 0 Å². The van der Waals surface area contributed by atoms with Gasteiger partial charge in [0, 0.05) is 35.3 Å². The van der Waals surface area contributed by atoms with E-state index in [0.29, 0.717) is 21.6 Å². The standard InChI is InChI=1S/C15H9BrN2O5S/c1-17-14(19)13(24-15(17)20)7-9-3-5-12(23-9)10-4-2-8(18(21)22)6-11(10)16/h2-7H,1H3/b13-7+. The fourth-order valence-electron chi connectivity index (χ4n) is 2.07. The van der Waals surface area contributed by atoms with Crippen molar-refractivity contribution < 1.29 is 18.9 Å². The molecule has 0 unspecified atom stereocenters. The van der Waals surface area contributed by atoms with Crippen LogP contribution in [0.2, 0.25) is 0 Å². The van der Waals surface area contributed by atoms with E-state index in [2.05, 4.69) is 15.9 Å². The molecule has 2 aromatic rings. The second kappa shape index (κ2) is 6.25. The molecule has 1 aromatic heterocycles. The molecule has 0 spiro atoms. The number of hydrogen-bond acceptors (Lipinski definition) is 6. The summed E-state index contributed by atoms with van der Waals surface area (Å²) in [7, 11) is 1.42. The highest BCUT2D eigenvalue weighted by atomic mass is 79.9. The zero-order chi connectivity index (χ0) is 17.4. The van der Waals surface area contributed by atoms with Crippen molar-refractivity contribution in [2.75, 3.05) is 7.05 Å². The van der Waals surface area contributed by atoms with Gasteiger partial charge in [0.2, 0.25) is 0 Å². The smallest absolute Gasteiger partial charge is 0.293 e. The molecule has 1 aromatic carbocycles. The van der Waals surface area contributed by atoms with Gasteiger partial charge in [-0.25, -0.2) is 0 Å². The van der Waals surface area contributed by atoms with Gasteiger partial charge < -0.3 is 4.42 Å². The number of likely N-dealkylation sites (N-methyl/N-ethyl adjacent to an activating group) is 1. The van der Waals surface area contributed by atoms with Gasteiger partial charge in [-0.15, -0.1) is 0 Å². The van der Waals surface area contributed by atoms with Crippen LogP contribution in [0.15, 0.2) is 44.1 Å². The molecule has 2 amide bonds. The lowest BCUT2D eigenvalue weighted by Crippen LogP contribution is -2.22. The molecule has 1 saturated heterocycles. The molecular formula is C15H9BrN2O5S. The van der Waals surface area contributed by atoms with Crippen molar-refractivity contribution in [1.82, 2.24) is 4.90 Å². The maximum atomic E-state index is 11.9. The number of nitrogens with zero attached hydrogens (tertiary/aromatic N) is 2. The van der Waals surface area contributed by atoms with Crippen molar-refractivity contribution in [2.24, 2.45) is 0 Å². The Morgan fingerprint density at radius 1 is 1.29 bits per heavy atom. The average Bonchev–Trinajstić information content (AvgIpc) is 3.08. The summed E-state index contributed by atoms with van der Waals surface area (Å²) < 4.78 is 6.18. The van der Waals surface area contributed by atoms with Crippen molar-refractivity contribution in [1.29, 1.82) is 0 Å². The van der Waals surface area contributed by atoms with E-state index in [4.69, 9.17) is 4.42 Å². The fraction of sp³-hybridized carbons (Fsp3) is 0.0667. The predicted octanol–water partition coefficient (Wildman–Crippen LogP) is 4.28. The first-order chi connectivity index (χ1) is 11.4. The van der Waals surface area contributed by atoms with Gasteiger partial charge in [0.1, 0.15) is 11.5 Å². The minimum atomic E-state index is -0.483. The summed E-state index contributed by atoms with van der Waals surface area (Å²) >= 11 is 4.13. The Labute approximate surface area is 148 Å². The summed E-state index contributed by atoms with van der Waals surface area (Å²) in [5.41, 5.74) is 0.609. The number of amides is 2. The minimum Gasteiger partial charge on any atom is -0.457 e. The molecule has 1 fully saturated rings. The van der Waals surface area contributed by atoms with Crippen LogP contribution in [-0.2, 0) is 4.79 Å². The van der Waals surface area contributed by atoms with Crippen LogP contribution < -0.4 is 0 Å².